The van der Waals surface area contributed by atoms with Gasteiger partial charge < -0.3 is 10.1 Å². The Hall–Kier alpha value is -1.48. The van der Waals surface area contributed by atoms with E-state index in [0.29, 0.717) is 12.0 Å². The molecule has 1 N–H and O–H groups in total. The lowest BCUT2D eigenvalue weighted by molar-refractivity contribution is 0.373. The van der Waals surface area contributed by atoms with Crippen molar-refractivity contribution >= 4 is 21.6 Å². The van der Waals surface area contributed by atoms with Gasteiger partial charge in [-0.25, -0.2) is 0 Å². The lowest BCUT2D eigenvalue weighted by Crippen LogP contribution is -2.34. The van der Waals surface area contributed by atoms with Crippen molar-refractivity contribution in [2.24, 2.45) is 0 Å². The largest absolute Gasteiger partial charge is 0.497 e. The highest BCUT2D eigenvalue weighted by Gasteiger charge is 2.30. The third-order valence-corrected chi connectivity index (χ3v) is 5.21. The number of anilines is 1. The zero-order valence-corrected chi connectivity index (χ0v) is 14.0. The normalized spacial score (nSPS) is 20.7. The Morgan fingerprint density at radius 3 is 2.48 bits per heavy atom. The van der Waals surface area contributed by atoms with Crippen molar-refractivity contribution in [3.8, 4) is 5.75 Å². The Morgan fingerprint density at radius 2 is 1.81 bits per heavy atom. The van der Waals surface area contributed by atoms with E-state index in [9.17, 15) is 0 Å². The van der Waals surface area contributed by atoms with Gasteiger partial charge in [0.05, 0.1) is 7.11 Å². The van der Waals surface area contributed by atoms with E-state index in [4.69, 9.17) is 4.74 Å². The lowest BCUT2D eigenvalue weighted by atomic mass is 9.75. The van der Waals surface area contributed by atoms with Gasteiger partial charge in [0.1, 0.15) is 5.75 Å². The predicted molar refractivity (Wildman–Crippen MR) is 91.3 cm³/mol. The maximum atomic E-state index is 5.21. The van der Waals surface area contributed by atoms with Crippen LogP contribution in [0.5, 0.6) is 5.75 Å². The van der Waals surface area contributed by atoms with Crippen molar-refractivity contribution in [3.05, 3.63) is 58.1 Å². The van der Waals surface area contributed by atoms with Gasteiger partial charge in [-0.15, -0.1) is 0 Å². The van der Waals surface area contributed by atoms with Gasteiger partial charge in [0.25, 0.3) is 0 Å². The van der Waals surface area contributed by atoms with Crippen molar-refractivity contribution in [3.63, 3.8) is 0 Å². The molecule has 0 atom stereocenters. The van der Waals surface area contributed by atoms with Crippen LogP contribution in [0.1, 0.15) is 29.9 Å². The Bertz CT molecular complexity index is 618. The van der Waals surface area contributed by atoms with Crippen molar-refractivity contribution in [2.75, 3.05) is 12.4 Å². The molecule has 0 aromatic heterocycles. The fourth-order valence-corrected chi connectivity index (χ4v) is 3.23. The van der Waals surface area contributed by atoms with Crippen molar-refractivity contribution in [1.82, 2.24) is 0 Å². The number of rotatable bonds is 4. The molecular weight excluding hydrogens is 326 g/mol. The molecule has 2 nitrogen and oxygen atoms in total. The second kappa shape index (κ2) is 6.10. The number of ether oxygens (including phenoxy) is 1. The van der Waals surface area contributed by atoms with Gasteiger partial charge in [-0.2, -0.15) is 0 Å². The average molecular weight is 346 g/mol. The lowest BCUT2D eigenvalue weighted by Gasteiger charge is -2.37. The first-order valence-corrected chi connectivity index (χ1v) is 8.12. The molecule has 0 unspecified atom stereocenters. The quantitative estimate of drug-likeness (QED) is 0.829. The van der Waals surface area contributed by atoms with E-state index >= 15 is 0 Å². The van der Waals surface area contributed by atoms with E-state index in [0.717, 1.165) is 5.75 Å². The highest BCUT2D eigenvalue weighted by Crippen LogP contribution is 2.39. The first-order valence-electron chi connectivity index (χ1n) is 7.33. The molecule has 0 aliphatic heterocycles. The Labute approximate surface area is 134 Å². The standard InChI is InChI=1S/C18H20BrNO/c1-12-17(19)4-3-5-18(12)20-15-10-14(11-15)13-6-8-16(21-2)9-7-13/h3-9,14-15,20H,10-11H2,1-2H3. The van der Waals surface area contributed by atoms with Gasteiger partial charge in [0.2, 0.25) is 0 Å². The van der Waals surface area contributed by atoms with Crippen LogP contribution >= 0.6 is 15.9 Å². The fourth-order valence-electron chi connectivity index (χ4n) is 2.87. The highest BCUT2D eigenvalue weighted by molar-refractivity contribution is 9.10. The van der Waals surface area contributed by atoms with E-state index in [1.165, 1.54) is 34.1 Å². The summed E-state index contributed by atoms with van der Waals surface area (Å²) in [5, 5.41) is 3.66. The van der Waals surface area contributed by atoms with Crippen LogP contribution in [0.25, 0.3) is 0 Å². The molecule has 0 spiro atoms. The molecule has 0 radical (unpaired) electrons. The summed E-state index contributed by atoms with van der Waals surface area (Å²) in [6.45, 7) is 2.14. The van der Waals surface area contributed by atoms with Crippen molar-refractivity contribution in [1.29, 1.82) is 0 Å². The number of halogens is 1. The SMILES string of the molecule is COc1ccc(C2CC(Nc3cccc(Br)c3C)C2)cc1. The molecule has 1 aliphatic rings. The number of benzene rings is 2. The summed E-state index contributed by atoms with van der Waals surface area (Å²) in [6.07, 6.45) is 2.39. The fraction of sp³-hybridized carbons (Fsp3) is 0.333. The van der Waals surface area contributed by atoms with Crippen LogP contribution in [0.2, 0.25) is 0 Å². The van der Waals surface area contributed by atoms with Crippen LogP contribution in [0, 0.1) is 6.92 Å². The smallest absolute Gasteiger partial charge is 0.118 e. The summed E-state index contributed by atoms with van der Waals surface area (Å²) in [5.74, 6) is 1.60. The maximum Gasteiger partial charge on any atom is 0.118 e. The zero-order chi connectivity index (χ0) is 14.8. The number of hydrogen-bond acceptors (Lipinski definition) is 2. The van der Waals surface area contributed by atoms with Crippen molar-refractivity contribution < 1.29 is 4.74 Å². The first-order chi connectivity index (χ1) is 10.2. The molecule has 0 saturated heterocycles. The van der Waals surface area contributed by atoms with E-state index in [2.05, 4.69) is 70.6 Å². The third kappa shape index (κ3) is 3.08. The molecule has 0 heterocycles. The summed E-state index contributed by atoms with van der Waals surface area (Å²) in [4.78, 5) is 0. The molecule has 0 bridgehead atoms. The van der Waals surface area contributed by atoms with Gasteiger partial charge in [-0.1, -0.05) is 34.1 Å². The molecule has 3 rings (SSSR count). The van der Waals surface area contributed by atoms with E-state index in [-0.39, 0.29) is 0 Å². The molecule has 3 heteroatoms. The molecule has 1 saturated carbocycles. The van der Waals surface area contributed by atoms with Gasteiger partial charge in [-0.3, -0.25) is 0 Å². The number of nitrogens with one attached hydrogen (secondary N) is 1. The molecule has 110 valence electrons. The monoisotopic (exact) mass is 345 g/mol. The third-order valence-electron chi connectivity index (χ3n) is 4.35. The van der Waals surface area contributed by atoms with Gasteiger partial charge >= 0.3 is 0 Å². The van der Waals surface area contributed by atoms with Gasteiger partial charge in [0, 0.05) is 16.2 Å². The molecule has 2 aromatic carbocycles. The summed E-state index contributed by atoms with van der Waals surface area (Å²) >= 11 is 3.59. The summed E-state index contributed by atoms with van der Waals surface area (Å²) in [7, 11) is 1.71. The van der Waals surface area contributed by atoms with Crippen LogP contribution in [0.3, 0.4) is 0 Å². The second-order valence-electron chi connectivity index (χ2n) is 5.70. The summed E-state index contributed by atoms with van der Waals surface area (Å²) in [5.41, 5.74) is 3.94. The molecule has 21 heavy (non-hydrogen) atoms. The summed E-state index contributed by atoms with van der Waals surface area (Å²) in [6, 6.07) is 15.4. The second-order valence-corrected chi connectivity index (χ2v) is 6.55. The number of methoxy groups -OCH3 is 1. The minimum atomic E-state index is 0.574. The van der Waals surface area contributed by atoms with Crippen molar-refractivity contribution in [2.45, 2.75) is 31.7 Å². The molecule has 0 amide bonds. The zero-order valence-electron chi connectivity index (χ0n) is 12.4. The number of hydrogen-bond donors (Lipinski definition) is 1. The Balaban J connectivity index is 1.59. The molecule has 1 fully saturated rings. The van der Waals surface area contributed by atoms with Crippen LogP contribution in [0.4, 0.5) is 5.69 Å². The van der Waals surface area contributed by atoms with E-state index in [1.807, 2.05) is 0 Å². The predicted octanol–water partition coefficient (Wildman–Crippen LogP) is 5.12. The average Bonchev–Trinajstić information content (AvgIpc) is 2.47. The molecule has 1 aliphatic carbocycles. The maximum absolute atomic E-state index is 5.21. The molecule has 2 aromatic rings. The Morgan fingerprint density at radius 1 is 1.10 bits per heavy atom. The first kappa shape index (κ1) is 14.5. The minimum absolute atomic E-state index is 0.574. The topological polar surface area (TPSA) is 21.3 Å². The summed E-state index contributed by atoms with van der Waals surface area (Å²) < 4.78 is 6.37. The van der Waals surface area contributed by atoms with Crippen LogP contribution < -0.4 is 10.1 Å². The van der Waals surface area contributed by atoms with Gasteiger partial charge in [0.15, 0.2) is 0 Å². The Kier molecular flexibility index (Phi) is 4.20. The van der Waals surface area contributed by atoms with Gasteiger partial charge in [-0.05, 0) is 61.1 Å². The highest BCUT2D eigenvalue weighted by atomic mass is 79.9. The van der Waals surface area contributed by atoms with Crippen LogP contribution in [-0.4, -0.2) is 13.2 Å². The van der Waals surface area contributed by atoms with Crippen LogP contribution in [0.15, 0.2) is 46.9 Å². The minimum Gasteiger partial charge on any atom is -0.497 e. The van der Waals surface area contributed by atoms with E-state index < -0.39 is 0 Å². The van der Waals surface area contributed by atoms with Crippen LogP contribution in [-0.2, 0) is 0 Å². The van der Waals surface area contributed by atoms with E-state index in [1.54, 1.807) is 7.11 Å². The molecular formula is C18H20BrNO.